The lowest BCUT2D eigenvalue weighted by atomic mass is 9.86. The average molecular weight is 265 g/mol. The molecule has 0 aliphatic heterocycles. The van der Waals surface area contributed by atoms with Crippen LogP contribution in [0.15, 0.2) is 0 Å². The van der Waals surface area contributed by atoms with Gasteiger partial charge in [0.15, 0.2) is 0 Å². The van der Waals surface area contributed by atoms with Crippen molar-refractivity contribution in [2.45, 2.75) is 64.5 Å². The fourth-order valence-corrected chi connectivity index (χ4v) is 2.60. The van der Waals surface area contributed by atoms with Crippen molar-refractivity contribution in [3.05, 3.63) is 0 Å². The molecule has 1 fully saturated rings. The van der Waals surface area contributed by atoms with E-state index in [0.717, 1.165) is 32.1 Å². The first-order valence-corrected chi connectivity index (χ1v) is 7.36. The predicted octanol–water partition coefficient (Wildman–Crippen LogP) is 2.29. The Labute approximate surface area is 116 Å². The highest BCUT2D eigenvalue weighted by Gasteiger charge is 2.26. The molecule has 1 unspecified atom stereocenters. The zero-order chi connectivity index (χ0) is 14.4. The van der Waals surface area contributed by atoms with Gasteiger partial charge in [-0.15, -0.1) is 0 Å². The maximum absolute atomic E-state index is 12.1. The molecule has 1 aliphatic rings. The van der Waals surface area contributed by atoms with Gasteiger partial charge < -0.3 is 10.6 Å². The van der Waals surface area contributed by atoms with Gasteiger partial charge in [0.2, 0.25) is 5.91 Å². The Hall–Kier alpha value is -1.08. The molecule has 19 heavy (non-hydrogen) atoms. The molecule has 0 bridgehead atoms. The minimum atomic E-state index is 0.103. The first-order valence-electron chi connectivity index (χ1n) is 7.36. The zero-order valence-electron chi connectivity index (χ0n) is 12.4. The van der Waals surface area contributed by atoms with Crippen LogP contribution in [0.5, 0.6) is 0 Å². The molecule has 1 atom stereocenters. The number of carbonyl (C=O) groups is 1. The Morgan fingerprint density at radius 3 is 2.42 bits per heavy atom. The number of hydrogen-bond donors (Lipinski definition) is 1. The monoisotopic (exact) mass is 265 g/mol. The maximum atomic E-state index is 12.1. The van der Waals surface area contributed by atoms with Gasteiger partial charge in [-0.2, -0.15) is 5.26 Å². The molecule has 0 aromatic rings. The van der Waals surface area contributed by atoms with Gasteiger partial charge >= 0.3 is 0 Å². The molecule has 0 aromatic heterocycles. The minimum Gasteiger partial charge on any atom is -0.343 e. The summed E-state index contributed by atoms with van der Waals surface area (Å²) in [4.78, 5) is 14.0. The average Bonchev–Trinajstić information content (AvgIpc) is 2.43. The van der Waals surface area contributed by atoms with Gasteiger partial charge in [0, 0.05) is 31.5 Å². The van der Waals surface area contributed by atoms with Gasteiger partial charge in [0.05, 0.1) is 6.07 Å². The summed E-state index contributed by atoms with van der Waals surface area (Å²) in [6.45, 7) is 4.17. The van der Waals surface area contributed by atoms with E-state index < -0.39 is 0 Å². The summed E-state index contributed by atoms with van der Waals surface area (Å²) in [6, 6.07) is 2.74. The molecule has 0 radical (unpaired) electrons. The van der Waals surface area contributed by atoms with E-state index in [-0.39, 0.29) is 17.9 Å². The maximum Gasteiger partial charge on any atom is 0.222 e. The van der Waals surface area contributed by atoms with Crippen LogP contribution in [0.25, 0.3) is 0 Å². The predicted molar refractivity (Wildman–Crippen MR) is 76.2 cm³/mol. The van der Waals surface area contributed by atoms with Gasteiger partial charge in [-0.05, 0) is 38.0 Å². The number of nitrogens with zero attached hydrogens (tertiary/aromatic N) is 2. The zero-order valence-corrected chi connectivity index (χ0v) is 12.4. The summed E-state index contributed by atoms with van der Waals surface area (Å²) in [5.41, 5.74) is 5.97. The molecule has 4 nitrogen and oxygen atoms in total. The first kappa shape index (κ1) is 16.0. The van der Waals surface area contributed by atoms with Crippen LogP contribution in [0.3, 0.4) is 0 Å². The first-order chi connectivity index (χ1) is 8.95. The second-order valence-electron chi connectivity index (χ2n) is 6.09. The lowest BCUT2D eigenvalue weighted by Gasteiger charge is -2.33. The molecule has 0 aromatic carbocycles. The van der Waals surface area contributed by atoms with E-state index in [1.807, 2.05) is 11.9 Å². The second kappa shape index (κ2) is 7.49. The summed E-state index contributed by atoms with van der Waals surface area (Å²) in [5, 5.41) is 8.88. The molecular formula is C15H27N3O. The summed E-state index contributed by atoms with van der Waals surface area (Å²) in [5.74, 6) is 0.801. The normalized spacial score (nSPS) is 24.8. The number of hydrogen-bond acceptors (Lipinski definition) is 3. The van der Waals surface area contributed by atoms with Crippen LogP contribution in [-0.4, -0.2) is 29.9 Å². The van der Waals surface area contributed by atoms with Crippen molar-refractivity contribution in [2.24, 2.45) is 17.6 Å². The molecule has 2 N–H and O–H groups in total. The summed E-state index contributed by atoms with van der Waals surface area (Å²) in [6.07, 6.45) is 5.05. The molecule has 108 valence electrons. The molecule has 1 rings (SSSR count). The van der Waals surface area contributed by atoms with Crippen molar-refractivity contribution < 1.29 is 4.79 Å². The fraction of sp³-hybridized carbons (Fsp3) is 0.867. The van der Waals surface area contributed by atoms with Gasteiger partial charge in [-0.25, -0.2) is 0 Å². The Bertz CT molecular complexity index is 327. The van der Waals surface area contributed by atoms with E-state index in [9.17, 15) is 4.79 Å². The number of nitriles is 1. The number of amides is 1. The van der Waals surface area contributed by atoms with Crippen LogP contribution >= 0.6 is 0 Å². The third-order valence-electron chi connectivity index (χ3n) is 4.37. The molecule has 1 amide bonds. The van der Waals surface area contributed by atoms with Crippen molar-refractivity contribution in [1.82, 2.24) is 4.90 Å². The largest absolute Gasteiger partial charge is 0.343 e. The van der Waals surface area contributed by atoms with Gasteiger partial charge in [0.25, 0.3) is 0 Å². The molecule has 0 saturated heterocycles. The van der Waals surface area contributed by atoms with Crippen molar-refractivity contribution in [3.63, 3.8) is 0 Å². The highest BCUT2D eigenvalue weighted by Crippen LogP contribution is 2.26. The number of nitrogens with two attached hydrogens (primary N) is 1. The van der Waals surface area contributed by atoms with E-state index in [2.05, 4.69) is 19.9 Å². The third kappa shape index (κ3) is 4.83. The highest BCUT2D eigenvalue weighted by atomic mass is 16.2. The highest BCUT2D eigenvalue weighted by molar-refractivity contribution is 5.76. The van der Waals surface area contributed by atoms with E-state index in [1.54, 1.807) is 0 Å². The quantitative estimate of drug-likeness (QED) is 0.829. The minimum absolute atomic E-state index is 0.103. The number of carbonyl (C=O) groups excluding carboxylic acids is 1. The molecule has 1 aliphatic carbocycles. The molecule has 0 heterocycles. The lowest BCUT2D eigenvalue weighted by Crippen LogP contribution is -2.40. The third-order valence-corrected chi connectivity index (χ3v) is 4.37. The van der Waals surface area contributed by atoms with E-state index >= 15 is 0 Å². The topological polar surface area (TPSA) is 70.1 Å². The van der Waals surface area contributed by atoms with Crippen LogP contribution in [0.4, 0.5) is 0 Å². The van der Waals surface area contributed by atoms with Crippen LogP contribution in [0.2, 0.25) is 0 Å². The Kier molecular flexibility index (Phi) is 6.30. The molecule has 0 spiro atoms. The molecule has 1 saturated carbocycles. The van der Waals surface area contributed by atoms with Gasteiger partial charge in [0.1, 0.15) is 0 Å². The Balaban J connectivity index is 2.35. The SMILES string of the molecule is CC(C)C(N)CCC(=O)N(C)C1CCC(C#N)CC1. The van der Waals surface area contributed by atoms with E-state index in [4.69, 9.17) is 11.0 Å². The van der Waals surface area contributed by atoms with Crippen LogP contribution in [0.1, 0.15) is 52.4 Å². The number of rotatable bonds is 5. The molecule has 4 heteroatoms. The Morgan fingerprint density at radius 2 is 1.95 bits per heavy atom. The van der Waals surface area contributed by atoms with Gasteiger partial charge in [-0.1, -0.05) is 13.8 Å². The second-order valence-corrected chi connectivity index (χ2v) is 6.09. The summed E-state index contributed by atoms with van der Waals surface area (Å²) >= 11 is 0. The van der Waals surface area contributed by atoms with Crippen LogP contribution < -0.4 is 5.73 Å². The van der Waals surface area contributed by atoms with Crippen molar-refractivity contribution >= 4 is 5.91 Å². The van der Waals surface area contributed by atoms with Gasteiger partial charge in [-0.3, -0.25) is 4.79 Å². The summed E-state index contributed by atoms with van der Waals surface area (Å²) < 4.78 is 0. The van der Waals surface area contributed by atoms with Crippen molar-refractivity contribution in [2.75, 3.05) is 7.05 Å². The van der Waals surface area contributed by atoms with Crippen LogP contribution in [0, 0.1) is 23.2 Å². The van der Waals surface area contributed by atoms with E-state index in [0.29, 0.717) is 18.4 Å². The lowest BCUT2D eigenvalue weighted by molar-refractivity contribution is -0.132. The van der Waals surface area contributed by atoms with Crippen LogP contribution in [-0.2, 0) is 4.79 Å². The fourth-order valence-electron chi connectivity index (χ4n) is 2.60. The Morgan fingerprint density at radius 1 is 1.37 bits per heavy atom. The van der Waals surface area contributed by atoms with E-state index in [1.165, 1.54) is 0 Å². The summed E-state index contributed by atoms with van der Waals surface area (Å²) in [7, 11) is 1.89. The molecular weight excluding hydrogens is 238 g/mol. The smallest absolute Gasteiger partial charge is 0.222 e. The standard InChI is InChI=1S/C15H27N3O/c1-11(2)14(17)8-9-15(19)18(3)13-6-4-12(10-16)5-7-13/h11-14H,4-9,17H2,1-3H3. The van der Waals surface area contributed by atoms with Crippen molar-refractivity contribution in [1.29, 1.82) is 5.26 Å². The van der Waals surface area contributed by atoms with Crippen molar-refractivity contribution in [3.8, 4) is 6.07 Å².